The smallest absolute Gasteiger partial charge is 0.359 e. The number of aryl methyl sites for hydroxylation is 1. The molecule has 0 saturated carbocycles. The Morgan fingerprint density at radius 3 is 2.67 bits per heavy atom. The van der Waals surface area contributed by atoms with Crippen molar-refractivity contribution in [3.8, 4) is 0 Å². The first-order chi connectivity index (χ1) is 5.59. The minimum atomic E-state index is -0.523. The van der Waals surface area contributed by atoms with Crippen molar-refractivity contribution in [2.24, 2.45) is 0 Å². The van der Waals surface area contributed by atoms with Gasteiger partial charge in [-0.1, -0.05) is 0 Å². The first kappa shape index (κ1) is 8.52. The van der Waals surface area contributed by atoms with Crippen LogP contribution < -0.4 is 10.9 Å². The molecule has 0 aromatic carbocycles. The van der Waals surface area contributed by atoms with Gasteiger partial charge in [0.25, 0.3) is 0 Å². The Bertz CT molecular complexity index is 354. The number of hydrogen-bond acceptors (Lipinski definition) is 3. The summed E-state index contributed by atoms with van der Waals surface area (Å²) in [6.07, 6.45) is 0. The lowest BCUT2D eigenvalue weighted by Gasteiger charge is -1.98. The summed E-state index contributed by atoms with van der Waals surface area (Å²) in [6.45, 7) is 3.00. The molecule has 0 aliphatic carbocycles. The highest BCUT2D eigenvalue weighted by Gasteiger charge is 2.01. The van der Waals surface area contributed by atoms with Crippen molar-refractivity contribution < 1.29 is 9.21 Å². The minimum absolute atomic E-state index is 0.174. The quantitative estimate of drug-likeness (QED) is 0.676. The van der Waals surface area contributed by atoms with Crippen LogP contribution in [0.5, 0.6) is 0 Å². The molecule has 1 aromatic rings. The van der Waals surface area contributed by atoms with Gasteiger partial charge in [-0.2, -0.15) is 0 Å². The van der Waals surface area contributed by atoms with Crippen LogP contribution in [0.3, 0.4) is 0 Å². The van der Waals surface area contributed by atoms with Gasteiger partial charge in [0, 0.05) is 6.92 Å². The largest absolute Gasteiger partial charge is 0.427 e. The average molecular weight is 167 g/mol. The molecule has 1 heterocycles. The van der Waals surface area contributed by atoms with Crippen LogP contribution >= 0.6 is 0 Å². The zero-order chi connectivity index (χ0) is 9.14. The predicted molar refractivity (Wildman–Crippen MR) is 44.0 cm³/mol. The number of rotatable bonds is 1. The molecule has 0 bridgehead atoms. The van der Waals surface area contributed by atoms with E-state index in [0.717, 1.165) is 0 Å². The molecule has 0 unspecified atom stereocenters. The van der Waals surface area contributed by atoms with Crippen LogP contribution in [0.2, 0.25) is 0 Å². The Hall–Kier alpha value is -1.58. The highest BCUT2D eigenvalue weighted by molar-refractivity contribution is 5.88. The summed E-state index contributed by atoms with van der Waals surface area (Å²) < 4.78 is 4.74. The molecule has 0 fully saturated rings. The molecule has 1 rings (SSSR count). The van der Waals surface area contributed by atoms with E-state index in [-0.39, 0.29) is 11.6 Å². The maximum Gasteiger partial charge on any atom is 0.359 e. The second kappa shape index (κ2) is 3.21. The zero-order valence-electron chi connectivity index (χ0n) is 6.88. The van der Waals surface area contributed by atoms with Crippen LogP contribution in [0.1, 0.15) is 12.7 Å². The lowest BCUT2D eigenvalue weighted by molar-refractivity contribution is -0.114. The van der Waals surface area contributed by atoms with E-state index in [1.165, 1.54) is 13.0 Å². The minimum Gasteiger partial charge on any atom is -0.427 e. The van der Waals surface area contributed by atoms with Gasteiger partial charge in [-0.3, -0.25) is 4.79 Å². The molecule has 1 aromatic heterocycles. The molecule has 1 N–H and O–H groups in total. The lowest BCUT2D eigenvalue weighted by Crippen LogP contribution is -2.14. The average Bonchev–Trinajstić information content (AvgIpc) is 1.94. The fourth-order valence-corrected chi connectivity index (χ4v) is 0.786. The van der Waals surface area contributed by atoms with E-state index in [4.69, 9.17) is 4.42 Å². The van der Waals surface area contributed by atoms with Gasteiger partial charge in [0.05, 0.1) is 0 Å². The van der Waals surface area contributed by atoms with Crippen molar-refractivity contribution in [3.63, 3.8) is 0 Å². The molecule has 0 aliphatic heterocycles. The summed E-state index contributed by atoms with van der Waals surface area (Å²) in [7, 11) is 0. The maximum atomic E-state index is 11.0. The van der Waals surface area contributed by atoms with E-state index in [0.29, 0.717) is 5.76 Å². The van der Waals surface area contributed by atoms with Gasteiger partial charge >= 0.3 is 5.63 Å². The molecule has 0 spiro atoms. The molecule has 0 atom stereocenters. The third-order valence-corrected chi connectivity index (χ3v) is 1.27. The van der Waals surface area contributed by atoms with Crippen molar-refractivity contribution >= 4 is 11.6 Å². The highest BCUT2D eigenvalue weighted by atomic mass is 16.4. The van der Waals surface area contributed by atoms with Crippen LogP contribution in [-0.2, 0) is 4.79 Å². The molecular weight excluding hydrogens is 158 g/mol. The van der Waals surface area contributed by atoms with Gasteiger partial charge in [0.15, 0.2) is 0 Å². The highest BCUT2D eigenvalue weighted by Crippen LogP contribution is 2.01. The van der Waals surface area contributed by atoms with Crippen LogP contribution in [0, 0.1) is 6.92 Å². The molecular formula is C8H9NO3. The van der Waals surface area contributed by atoms with E-state index in [2.05, 4.69) is 5.32 Å². The Morgan fingerprint density at radius 2 is 2.17 bits per heavy atom. The van der Waals surface area contributed by atoms with Gasteiger partial charge in [-0.25, -0.2) is 4.79 Å². The first-order valence-electron chi connectivity index (χ1n) is 3.48. The van der Waals surface area contributed by atoms with Gasteiger partial charge in [-0.15, -0.1) is 0 Å². The molecule has 4 nitrogen and oxygen atoms in total. The number of carbonyl (C=O) groups excluding carboxylic acids is 1. The Labute approximate surface area is 69.2 Å². The summed E-state index contributed by atoms with van der Waals surface area (Å²) >= 11 is 0. The summed E-state index contributed by atoms with van der Waals surface area (Å²) in [5, 5.41) is 2.36. The van der Waals surface area contributed by atoms with Gasteiger partial charge < -0.3 is 9.73 Å². The van der Waals surface area contributed by atoms with Gasteiger partial charge in [0.1, 0.15) is 11.4 Å². The second-order valence-corrected chi connectivity index (χ2v) is 2.43. The summed E-state index contributed by atoms with van der Waals surface area (Å²) in [5.41, 5.74) is -0.349. The molecule has 0 saturated heterocycles. The summed E-state index contributed by atoms with van der Waals surface area (Å²) in [6, 6.07) is 3.13. The molecule has 0 aliphatic rings. The summed E-state index contributed by atoms with van der Waals surface area (Å²) in [5.74, 6) is 0.236. The number of nitrogens with one attached hydrogen (secondary N) is 1. The fourth-order valence-electron chi connectivity index (χ4n) is 0.786. The molecule has 12 heavy (non-hydrogen) atoms. The SMILES string of the molecule is CC(=O)Nc1ccc(C)oc1=O. The van der Waals surface area contributed by atoms with E-state index >= 15 is 0 Å². The number of hydrogen-bond donors (Lipinski definition) is 1. The molecule has 64 valence electrons. The standard InChI is InChI=1S/C8H9NO3/c1-5-3-4-7(8(11)12-5)9-6(2)10/h3-4H,1-2H3,(H,9,10). The third kappa shape index (κ3) is 1.95. The summed E-state index contributed by atoms with van der Waals surface area (Å²) in [4.78, 5) is 21.6. The normalized spacial score (nSPS) is 9.50. The zero-order valence-corrected chi connectivity index (χ0v) is 6.88. The Kier molecular flexibility index (Phi) is 2.28. The molecule has 0 radical (unpaired) electrons. The van der Waals surface area contributed by atoms with E-state index in [1.54, 1.807) is 13.0 Å². The Balaban J connectivity index is 3.02. The van der Waals surface area contributed by atoms with Crippen LogP contribution in [0.15, 0.2) is 21.3 Å². The topological polar surface area (TPSA) is 59.3 Å². The van der Waals surface area contributed by atoms with E-state index < -0.39 is 5.63 Å². The van der Waals surface area contributed by atoms with Crippen molar-refractivity contribution in [3.05, 3.63) is 28.3 Å². The van der Waals surface area contributed by atoms with E-state index in [9.17, 15) is 9.59 Å². The first-order valence-corrected chi connectivity index (χ1v) is 3.48. The maximum absolute atomic E-state index is 11.0. The van der Waals surface area contributed by atoms with Crippen LogP contribution in [0.4, 0.5) is 5.69 Å². The number of anilines is 1. The fraction of sp³-hybridized carbons (Fsp3) is 0.250. The van der Waals surface area contributed by atoms with E-state index in [1.807, 2.05) is 0 Å². The van der Waals surface area contributed by atoms with Crippen molar-refractivity contribution in [1.82, 2.24) is 0 Å². The van der Waals surface area contributed by atoms with Gasteiger partial charge in [-0.05, 0) is 19.1 Å². The lowest BCUT2D eigenvalue weighted by atomic mass is 10.4. The molecule has 1 amide bonds. The molecule has 4 heteroatoms. The monoisotopic (exact) mass is 167 g/mol. The van der Waals surface area contributed by atoms with Crippen molar-refractivity contribution in [1.29, 1.82) is 0 Å². The Morgan fingerprint density at radius 1 is 1.50 bits per heavy atom. The van der Waals surface area contributed by atoms with Crippen LogP contribution in [-0.4, -0.2) is 5.91 Å². The van der Waals surface area contributed by atoms with Crippen molar-refractivity contribution in [2.75, 3.05) is 5.32 Å². The third-order valence-electron chi connectivity index (χ3n) is 1.27. The number of carbonyl (C=O) groups is 1. The second-order valence-electron chi connectivity index (χ2n) is 2.43. The number of amides is 1. The van der Waals surface area contributed by atoms with Crippen LogP contribution in [0.25, 0.3) is 0 Å². The predicted octanol–water partition coefficient (Wildman–Crippen LogP) is 0.907. The van der Waals surface area contributed by atoms with Crippen molar-refractivity contribution in [2.45, 2.75) is 13.8 Å². The van der Waals surface area contributed by atoms with Gasteiger partial charge in [0.2, 0.25) is 5.91 Å².